The van der Waals surface area contributed by atoms with Gasteiger partial charge in [0.2, 0.25) is 0 Å². The van der Waals surface area contributed by atoms with Crippen LogP contribution < -0.4 is 10.6 Å². The van der Waals surface area contributed by atoms with Gasteiger partial charge in [-0.3, -0.25) is 14.5 Å². The minimum Gasteiger partial charge on any atom is -0.444 e. The van der Waals surface area contributed by atoms with Gasteiger partial charge >= 0.3 is 12.2 Å². The van der Waals surface area contributed by atoms with Crippen LogP contribution in [0.15, 0.2) is 36.4 Å². The molecule has 0 spiro atoms. The molecule has 10 heteroatoms. The summed E-state index contributed by atoms with van der Waals surface area (Å²) in [5.41, 5.74) is 0.0709. The average Bonchev–Trinajstić information content (AvgIpc) is 2.93. The van der Waals surface area contributed by atoms with Crippen molar-refractivity contribution in [3.05, 3.63) is 47.5 Å². The summed E-state index contributed by atoms with van der Waals surface area (Å²) >= 11 is 0. The zero-order valence-electron chi connectivity index (χ0n) is 27.3. The molecule has 242 valence electrons. The molecule has 2 N–H and O–H groups in total. The van der Waals surface area contributed by atoms with Crippen LogP contribution in [0.4, 0.5) is 9.59 Å². The number of hydrogen-bond donors (Lipinski definition) is 2. The van der Waals surface area contributed by atoms with Crippen molar-refractivity contribution in [1.29, 1.82) is 0 Å². The number of nitrogens with one attached hydrogen (secondary N) is 2. The highest BCUT2D eigenvalue weighted by Gasteiger charge is 2.32. The Morgan fingerprint density at radius 1 is 0.727 bits per heavy atom. The molecular weight excluding hydrogens is 560 g/mol. The standard InChI is InChI=1S/C34H50N4O6/c1-33(2,3)43-31(41)36-21-9-11-23-37(32(42)44-34(4,5)6)22-10-7-19-35-20-8-12-24-38-29(39)26-17-13-15-25-16-14-18-27(28(25)26)30(38)40/h13-18,35H,7-12,19-24H2,1-6H3,(H,36,41). The van der Waals surface area contributed by atoms with Crippen molar-refractivity contribution in [3.8, 4) is 0 Å². The Hall–Kier alpha value is -3.66. The number of alkyl carbamates (subject to hydrolysis) is 1. The third kappa shape index (κ3) is 10.8. The SMILES string of the molecule is CC(C)(C)OC(=O)NCCCCN(CCCCNCCCCN1C(=O)c2cccc3cccc(c23)C1=O)C(=O)OC(C)(C)C. The van der Waals surface area contributed by atoms with Gasteiger partial charge in [-0.1, -0.05) is 24.3 Å². The van der Waals surface area contributed by atoms with E-state index in [2.05, 4.69) is 10.6 Å². The smallest absolute Gasteiger partial charge is 0.410 e. The number of imide groups is 1. The van der Waals surface area contributed by atoms with Crippen LogP contribution in [-0.2, 0) is 9.47 Å². The second kappa shape index (κ2) is 15.9. The molecule has 0 radical (unpaired) electrons. The second-order valence-corrected chi connectivity index (χ2v) is 13.2. The lowest BCUT2D eigenvalue weighted by atomic mass is 9.94. The largest absolute Gasteiger partial charge is 0.444 e. The van der Waals surface area contributed by atoms with E-state index in [0.29, 0.717) is 37.3 Å². The molecule has 3 rings (SSSR count). The van der Waals surface area contributed by atoms with E-state index in [9.17, 15) is 19.2 Å². The van der Waals surface area contributed by atoms with Crippen LogP contribution in [0.3, 0.4) is 0 Å². The molecule has 0 unspecified atom stereocenters. The van der Waals surface area contributed by atoms with Crippen molar-refractivity contribution in [1.82, 2.24) is 20.4 Å². The number of carbonyl (C=O) groups is 4. The summed E-state index contributed by atoms with van der Waals surface area (Å²) in [7, 11) is 0. The Morgan fingerprint density at radius 2 is 1.25 bits per heavy atom. The maximum Gasteiger partial charge on any atom is 0.410 e. The highest BCUT2D eigenvalue weighted by atomic mass is 16.6. The fraction of sp³-hybridized carbons (Fsp3) is 0.588. The number of hydrogen-bond acceptors (Lipinski definition) is 7. The summed E-state index contributed by atoms with van der Waals surface area (Å²) in [5.74, 6) is -0.442. The first-order valence-electron chi connectivity index (χ1n) is 15.8. The molecule has 0 aliphatic carbocycles. The van der Waals surface area contributed by atoms with E-state index in [4.69, 9.17) is 9.47 Å². The van der Waals surface area contributed by atoms with E-state index < -0.39 is 17.3 Å². The first-order valence-corrected chi connectivity index (χ1v) is 15.8. The molecule has 44 heavy (non-hydrogen) atoms. The maximum absolute atomic E-state index is 13.0. The molecule has 2 aromatic carbocycles. The quantitative estimate of drug-likeness (QED) is 0.184. The van der Waals surface area contributed by atoms with E-state index in [1.807, 2.05) is 65.8 Å². The van der Waals surface area contributed by atoms with Gasteiger partial charge in [0.05, 0.1) is 0 Å². The van der Waals surface area contributed by atoms with Crippen molar-refractivity contribution in [2.24, 2.45) is 0 Å². The summed E-state index contributed by atoms with van der Waals surface area (Å²) in [6.07, 6.45) is 3.96. The van der Waals surface area contributed by atoms with Crippen molar-refractivity contribution in [3.63, 3.8) is 0 Å². The Kier molecular flexibility index (Phi) is 12.6. The fourth-order valence-electron chi connectivity index (χ4n) is 5.03. The van der Waals surface area contributed by atoms with Gasteiger partial charge in [-0.2, -0.15) is 0 Å². The van der Waals surface area contributed by atoms with Crippen LogP contribution in [0.25, 0.3) is 10.8 Å². The predicted octanol–water partition coefficient (Wildman–Crippen LogP) is 6.13. The normalized spacial score (nSPS) is 13.3. The highest BCUT2D eigenvalue weighted by molar-refractivity contribution is 6.25. The summed E-state index contributed by atoms with van der Waals surface area (Å²) in [6.45, 7) is 14.6. The Labute approximate surface area is 261 Å². The van der Waals surface area contributed by atoms with Crippen LogP contribution >= 0.6 is 0 Å². The Balaban J connectivity index is 1.33. The van der Waals surface area contributed by atoms with Crippen LogP contribution in [0.1, 0.15) is 101 Å². The minimum absolute atomic E-state index is 0.221. The van der Waals surface area contributed by atoms with Gasteiger partial charge in [-0.15, -0.1) is 0 Å². The molecular formula is C34H50N4O6. The van der Waals surface area contributed by atoms with Crippen LogP contribution in [0.2, 0.25) is 0 Å². The number of carbonyl (C=O) groups excluding carboxylic acids is 4. The molecule has 0 fully saturated rings. The molecule has 0 saturated carbocycles. The molecule has 0 bridgehead atoms. The first-order chi connectivity index (χ1) is 20.8. The summed E-state index contributed by atoms with van der Waals surface area (Å²) in [5, 5.41) is 7.84. The number of rotatable bonds is 15. The molecule has 0 saturated heterocycles. The van der Waals surface area contributed by atoms with E-state index in [1.165, 1.54) is 4.90 Å². The third-order valence-corrected chi connectivity index (χ3v) is 7.05. The monoisotopic (exact) mass is 610 g/mol. The number of unbranched alkanes of at least 4 members (excludes halogenated alkanes) is 3. The molecule has 2 aromatic rings. The topological polar surface area (TPSA) is 117 Å². The number of nitrogens with zero attached hydrogens (tertiary/aromatic N) is 2. The molecule has 0 atom stereocenters. The molecule has 10 nitrogen and oxygen atoms in total. The molecule has 4 amide bonds. The lowest BCUT2D eigenvalue weighted by Gasteiger charge is -2.27. The van der Waals surface area contributed by atoms with Gasteiger partial charge in [0.25, 0.3) is 11.8 Å². The van der Waals surface area contributed by atoms with Gasteiger partial charge in [-0.05, 0) is 111 Å². The molecule has 1 aliphatic heterocycles. The van der Waals surface area contributed by atoms with E-state index in [-0.39, 0.29) is 17.9 Å². The highest BCUT2D eigenvalue weighted by Crippen LogP contribution is 2.30. The molecule has 1 heterocycles. The van der Waals surface area contributed by atoms with E-state index in [0.717, 1.165) is 62.4 Å². The summed E-state index contributed by atoms with van der Waals surface area (Å²) in [4.78, 5) is 53.8. The minimum atomic E-state index is -0.574. The van der Waals surface area contributed by atoms with Gasteiger partial charge in [-0.25, -0.2) is 9.59 Å². The third-order valence-electron chi connectivity index (χ3n) is 7.05. The number of ether oxygens (including phenoxy) is 2. The van der Waals surface area contributed by atoms with Crippen LogP contribution in [0.5, 0.6) is 0 Å². The number of benzene rings is 2. The van der Waals surface area contributed by atoms with Crippen molar-refractivity contribution in [2.45, 2.75) is 91.3 Å². The fourth-order valence-corrected chi connectivity index (χ4v) is 5.03. The second-order valence-electron chi connectivity index (χ2n) is 13.2. The molecule has 1 aliphatic rings. The van der Waals surface area contributed by atoms with Gasteiger partial charge in [0, 0.05) is 42.7 Å². The Morgan fingerprint density at radius 3 is 1.80 bits per heavy atom. The van der Waals surface area contributed by atoms with Crippen molar-refractivity contribution in [2.75, 3.05) is 39.3 Å². The number of amides is 4. The lowest BCUT2D eigenvalue weighted by molar-refractivity contribution is 0.0241. The zero-order chi connectivity index (χ0) is 32.3. The zero-order valence-corrected chi connectivity index (χ0v) is 27.3. The van der Waals surface area contributed by atoms with E-state index >= 15 is 0 Å². The first kappa shape index (κ1) is 34.8. The summed E-state index contributed by atoms with van der Waals surface area (Å²) in [6, 6.07) is 11.2. The van der Waals surface area contributed by atoms with Gasteiger partial charge in [0.15, 0.2) is 0 Å². The van der Waals surface area contributed by atoms with E-state index in [1.54, 1.807) is 17.0 Å². The lowest BCUT2D eigenvalue weighted by Crippen LogP contribution is -2.41. The average molecular weight is 611 g/mol. The van der Waals surface area contributed by atoms with Crippen LogP contribution in [-0.4, -0.2) is 84.3 Å². The van der Waals surface area contributed by atoms with Gasteiger partial charge in [0.1, 0.15) is 11.2 Å². The van der Waals surface area contributed by atoms with Crippen molar-refractivity contribution >= 4 is 34.8 Å². The predicted molar refractivity (Wildman–Crippen MR) is 172 cm³/mol. The van der Waals surface area contributed by atoms with Crippen LogP contribution in [0, 0.1) is 0 Å². The summed E-state index contributed by atoms with van der Waals surface area (Å²) < 4.78 is 10.9. The van der Waals surface area contributed by atoms with Gasteiger partial charge < -0.3 is 25.0 Å². The van der Waals surface area contributed by atoms with Crippen molar-refractivity contribution < 1.29 is 28.7 Å². The maximum atomic E-state index is 13.0. The Bertz CT molecular complexity index is 1250. The molecule has 0 aromatic heterocycles.